The molecule has 3 aromatic rings. The predicted octanol–water partition coefficient (Wildman–Crippen LogP) is 2.90. The van der Waals surface area contributed by atoms with Crippen molar-refractivity contribution in [3.8, 4) is 0 Å². The van der Waals surface area contributed by atoms with E-state index in [1.165, 1.54) is 0 Å². The van der Waals surface area contributed by atoms with E-state index >= 15 is 0 Å². The normalized spacial score (nSPS) is 16.6. The summed E-state index contributed by atoms with van der Waals surface area (Å²) in [4.78, 5) is 37.4. The van der Waals surface area contributed by atoms with Crippen molar-refractivity contribution in [1.29, 1.82) is 0 Å². The third-order valence-corrected chi connectivity index (χ3v) is 4.94. The van der Waals surface area contributed by atoms with Gasteiger partial charge in [0.2, 0.25) is 0 Å². The number of ether oxygens (including phenoxy) is 1. The number of carbonyl (C=O) groups is 1. The van der Waals surface area contributed by atoms with Crippen molar-refractivity contribution < 1.29 is 14.4 Å². The van der Waals surface area contributed by atoms with Crippen LogP contribution in [0.15, 0.2) is 53.3 Å². The lowest BCUT2D eigenvalue weighted by Gasteiger charge is -2.22. The SMILES string of the molecule is O=C(NOC1CCCCO1)c1ccc2nc(CCc3ccccc3)c(=O)[nH]c2c1. The second kappa shape index (κ2) is 8.98. The molecule has 1 unspecified atom stereocenters. The van der Waals surface area contributed by atoms with Crippen molar-refractivity contribution >= 4 is 16.9 Å². The fourth-order valence-corrected chi connectivity index (χ4v) is 3.32. The Morgan fingerprint density at radius 2 is 2.03 bits per heavy atom. The highest BCUT2D eigenvalue weighted by molar-refractivity contribution is 5.96. The van der Waals surface area contributed by atoms with E-state index in [1.807, 2.05) is 30.3 Å². The summed E-state index contributed by atoms with van der Waals surface area (Å²) in [7, 11) is 0. The van der Waals surface area contributed by atoms with Crippen molar-refractivity contribution in [2.45, 2.75) is 38.4 Å². The minimum atomic E-state index is -0.415. The third kappa shape index (κ3) is 4.88. The van der Waals surface area contributed by atoms with E-state index in [0.29, 0.717) is 35.3 Å². The standard InChI is InChI=1S/C22H23N3O4/c26-21(25-29-20-8-4-5-13-28-20)16-10-12-17-19(14-16)24-22(27)18(23-17)11-9-15-6-2-1-3-7-15/h1-3,6-7,10,12,14,20H,4-5,8-9,11,13H2,(H,24,27)(H,25,26). The number of aromatic amines is 1. The summed E-state index contributed by atoms with van der Waals surface area (Å²) in [5, 5.41) is 0. The molecule has 1 aliphatic rings. The van der Waals surface area contributed by atoms with E-state index in [9.17, 15) is 9.59 Å². The lowest BCUT2D eigenvalue weighted by molar-refractivity contribution is -0.186. The van der Waals surface area contributed by atoms with Gasteiger partial charge >= 0.3 is 0 Å². The Bertz CT molecular complexity index is 1040. The molecule has 7 heteroatoms. The van der Waals surface area contributed by atoms with Crippen molar-refractivity contribution in [2.75, 3.05) is 6.61 Å². The number of benzene rings is 2. The van der Waals surface area contributed by atoms with Crippen LogP contribution >= 0.6 is 0 Å². The van der Waals surface area contributed by atoms with Gasteiger partial charge in [-0.25, -0.2) is 15.3 Å². The van der Waals surface area contributed by atoms with Gasteiger partial charge in [0.25, 0.3) is 11.5 Å². The van der Waals surface area contributed by atoms with Gasteiger partial charge in [0, 0.05) is 18.6 Å². The van der Waals surface area contributed by atoms with Crippen LogP contribution in [0, 0.1) is 0 Å². The molecule has 1 atom stereocenters. The number of H-pyrrole nitrogens is 1. The molecule has 1 saturated heterocycles. The number of amides is 1. The molecule has 0 spiro atoms. The zero-order chi connectivity index (χ0) is 20.1. The molecule has 2 heterocycles. The van der Waals surface area contributed by atoms with Crippen molar-refractivity contribution in [3.63, 3.8) is 0 Å². The van der Waals surface area contributed by atoms with Gasteiger partial charge in [-0.2, -0.15) is 0 Å². The molecule has 1 aromatic heterocycles. The average molecular weight is 393 g/mol. The Kier molecular flexibility index (Phi) is 5.97. The molecule has 1 amide bonds. The fraction of sp³-hybridized carbons (Fsp3) is 0.318. The first kappa shape index (κ1) is 19.3. The first-order valence-corrected chi connectivity index (χ1v) is 9.83. The van der Waals surface area contributed by atoms with Crippen LogP contribution in [0.1, 0.15) is 40.9 Å². The van der Waals surface area contributed by atoms with E-state index in [-0.39, 0.29) is 5.56 Å². The first-order chi connectivity index (χ1) is 14.2. The van der Waals surface area contributed by atoms with Crippen LogP contribution in [-0.2, 0) is 22.4 Å². The maximum Gasteiger partial charge on any atom is 0.275 e. The second-order valence-electron chi connectivity index (χ2n) is 7.08. The van der Waals surface area contributed by atoms with Gasteiger partial charge in [-0.15, -0.1) is 0 Å². The number of nitrogens with zero attached hydrogens (tertiary/aromatic N) is 1. The molecule has 0 saturated carbocycles. The lowest BCUT2D eigenvalue weighted by atomic mass is 10.1. The summed E-state index contributed by atoms with van der Waals surface area (Å²) in [6, 6.07) is 15.0. The van der Waals surface area contributed by atoms with Gasteiger partial charge in [-0.1, -0.05) is 30.3 Å². The van der Waals surface area contributed by atoms with E-state index in [4.69, 9.17) is 9.57 Å². The van der Waals surface area contributed by atoms with E-state index in [1.54, 1.807) is 18.2 Å². The molecular formula is C22H23N3O4. The van der Waals surface area contributed by atoms with Gasteiger partial charge in [0.15, 0.2) is 6.29 Å². The van der Waals surface area contributed by atoms with Gasteiger partial charge in [-0.3, -0.25) is 9.59 Å². The van der Waals surface area contributed by atoms with Gasteiger partial charge in [0.05, 0.1) is 11.0 Å². The Balaban J connectivity index is 1.44. The molecule has 0 bridgehead atoms. The van der Waals surface area contributed by atoms with Crippen LogP contribution in [-0.4, -0.2) is 28.8 Å². The third-order valence-electron chi connectivity index (χ3n) is 4.94. The zero-order valence-electron chi connectivity index (χ0n) is 16.0. The summed E-state index contributed by atoms with van der Waals surface area (Å²) in [6.45, 7) is 0.635. The maximum absolute atomic E-state index is 12.4. The number of rotatable bonds is 6. The Morgan fingerprint density at radius 1 is 1.17 bits per heavy atom. The van der Waals surface area contributed by atoms with Crippen LogP contribution in [0.3, 0.4) is 0 Å². The maximum atomic E-state index is 12.4. The van der Waals surface area contributed by atoms with Gasteiger partial charge in [-0.05, 0) is 49.4 Å². The molecule has 2 aromatic carbocycles. The number of hydrogen-bond donors (Lipinski definition) is 2. The molecule has 7 nitrogen and oxygen atoms in total. The van der Waals surface area contributed by atoms with Crippen molar-refractivity contribution in [3.05, 3.63) is 75.7 Å². The molecule has 2 N–H and O–H groups in total. The molecule has 29 heavy (non-hydrogen) atoms. The number of carbonyl (C=O) groups excluding carboxylic acids is 1. The first-order valence-electron chi connectivity index (χ1n) is 9.83. The number of nitrogens with one attached hydrogen (secondary N) is 2. The summed E-state index contributed by atoms with van der Waals surface area (Å²) in [5.41, 5.74) is 5.35. The van der Waals surface area contributed by atoms with E-state index in [2.05, 4.69) is 15.4 Å². The van der Waals surface area contributed by atoms with E-state index < -0.39 is 12.2 Å². The fourth-order valence-electron chi connectivity index (χ4n) is 3.32. The molecule has 150 valence electrons. The number of aromatic nitrogens is 2. The number of hydrogen-bond acceptors (Lipinski definition) is 5. The molecule has 1 fully saturated rings. The minimum Gasteiger partial charge on any atom is -0.350 e. The monoisotopic (exact) mass is 393 g/mol. The summed E-state index contributed by atoms with van der Waals surface area (Å²) >= 11 is 0. The summed E-state index contributed by atoms with van der Waals surface area (Å²) in [6.07, 6.45) is 3.64. The number of hydroxylamine groups is 1. The lowest BCUT2D eigenvalue weighted by Crippen LogP contribution is -2.33. The zero-order valence-corrected chi connectivity index (χ0v) is 16.0. The van der Waals surface area contributed by atoms with Crippen LogP contribution in [0.4, 0.5) is 0 Å². The quantitative estimate of drug-likeness (QED) is 0.628. The highest BCUT2D eigenvalue weighted by Gasteiger charge is 2.17. The predicted molar refractivity (Wildman–Crippen MR) is 108 cm³/mol. The van der Waals surface area contributed by atoms with E-state index in [0.717, 1.165) is 31.2 Å². The highest BCUT2D eigenvalue weighted by atomic mass is 16.8. The Morgan fingerprint density at radius 3 is 2.83 bits per heavy atom. The molecule has 4 rings (SSSR count). The number of fused-ring (bicyclic) bond motifs is 1. The van der Waals surface area contributed by atoms with Crippen molar-refractivity contribution in [2.24, 2.45) is 0 Å². The number of aryl methyl sites for hydroxylation is 2. The summed E-state index contributed by atoms with van der Waals surface area (Å²) < 4.78 is 5.42. The summed E-state index contributed by atoms with van der Waals surface area (Å²) in [5.74, 6) is -0.393. The Labute approximate surface area is 168 Å². The molecule has 0 aliphatic carbocycles. The molecule has 1 aliphatic heterocycles. The van der Waals surface area contributed by atoms with Crippen LogP contribution < -0.4 is 11.0 Å². The van der Waals surface area contributed by atoms with Crippen LogP contribution in [0.25, 0.3) is 11.0 Å². The largest absolute Gasteiger partial charge is 0.350 e. The molecular weight excluding hydrogens is 370 g/mol. The highest BCUT2D eigenvalue weighted by Crippen LogP contribution is 2.14. The van der Waals surface area contributed by atoms with Crippen LogP contribution in [0.2, 0.25) is 0 Å². The Hall–Kier alpha value is -3.03. The van der Waals surface area contributed by atoms with Crippen molar-refractivity contribution in [1.82, 2.24) is 15.4 Å². The smallest absolute Gasteiger partial charge is 0.275 e. The topological polar surface area (TPSA) is 93.3 Å². The molecule has 0 radical (unpaired) electrons. The van der Waals surface area contributed by atoms with Crippen LogP contribution in [0.5, 0.6) is 0 Å². The minimum absolute atomic E-state index is 0.238. The average Bonchev–Trinajstić information content (AvgIpc) is 2.77. The van der Waals surface area contributed by atoms with Gasteiger partial charge in [0.1, 0.15) is 5.69 Å². The second-order valence-corrected chi connectivity index (χ2v) is 7.08. The van der Waals surface area contributed by atoms with Gasteiger partial charge < -0.3 is 9.72 Å².